The fraction of sp³-hybridized carbons (Fsp3) is 0.542. The maximum atomic E-state index is 12.7. The van der Waals surface area contributed by atoms with E-state index in [1.54, 1.807) is 6.33 Å². The van der Waals surface area contributed by atoms with Gasteiger partial charge < -0.3 is 14.8 Å². The SMILES string of the molecule is N#CC[C@]1(n2cc(-c3ncnc4[nH]ccc34)cn2)C[C@@H](N2CCN(C(=O)N3CCCC3)CC2)C1. The minimum absolute atomic E-state index is 0.204. The van der Waals surface area contributed by atoms with Gasteiger partial charge in [-0.1, -0.05) is 0 Å². The molecule has 34 heavy (non-hydrogen) atoms. The number of piperazine rings is 1. The Bertz CT molecular complexity index is 1220. The number of amides is 2. The number of aromatic nitrogens is 5. The van der Waals surface area contributed by atoms with Gasteiger partial charge in [-0.25, -0.2) is 14.8 Å². The first-order valence-electron chi connectivity index (χ1n) is 12.2. The van der Waals surface area contributed by atoms with Gasteiger partial charge in [-0.2, -0.15) is 10.4 Å². The van der Waals surface area contributed by atoms with Crippen molar-refractivity contribution in [2.75, 3.05) is 39.3 Å². The van der Waals surface area contributed by atoms with E-state index in [9.17, 15) is 10.1 Å². The standard InChI is InChI=1S/C24H29N9O/c25-5-4-24(33-16-18(15-29-33)21-20-3-6-26-22(20)28-17-27-21)13-19(14-24)30-9-11-32(12-10-30)23(34)31-7-1-2-8-31/h3,6,15-17,19H,1-2,4,7-14H2,(H,26,27,28)/t19-,24+. The van der Waals surface area contributed by atoms with Crippen LogP contribution < -0.4 is 0 Å². The molecule has 0 bridgehead atoms. The normalized spacial score (nSPS) is 25.4. The Hall–Kier alpha value is -3.45. The molecule has 176 valence electrons. The second-order valence-corrected chi connectivity index (χ2v) is 9.76. The molecule has 0 aromatic carbocycles. The Morgan fingerprint density at radius 1 is 1.12 bits per heavy atom. The number of carbonyl (C=O) groups is 1. The van der Waals surface area contributed by atoms with Gasteiger partial charge in [-0.15, -0.1) is 0 Å². The summed E-state index contributed by atoms with van der Waals surface area (Å²) in [5, 5.41) is 15.2. The molecule has 2 aliphatic heterocycles. The summed E-state index contributed by atoms with van der Waals surface area (Å²) in [6, 6.07) is 4.99. The van der Waals surface area contributed by atoms with Gasteiger partial charge in [-0.05, 0) is 31.7 Å². The van der Waals surface area contributed by atoms with Gasteiger partial charge in [-0.3, -0.25) is 9.58 Å². The zero-order chi connectivity index (χ0) is 23.1. The molecule has 2 amide bonds. The van der Waals surface area contributed by atoms with Gasteiger partial charge in [0.2, 0.25) is 0 Å². The number of carbonyl (C=O) groups excluding carboxylic acids is 1. The first-order valence-corrected chi connectivity index (χ1v) is 12.2. The Kier molecular flexibility index (Phi) is 5.21. The first kappa shape index (κ1) is 21.1. The number of aromatic amines is 1. The summed E-state index contributed by atoms with van der Waals surface area (Å²) in [7, 11) is 0. The van der Waals surface area contributed by atoms with Crippen LogP contribution >= 0.6 is 0 Å². The molecule has 3 fully saturated rings. The van der Waals surface area contributed by atoms with E-state index in [-0.39, 0.29) is 11.6 Å². The van der Waals surface area contributed by atoms with Crippen molar-refractivity contribution >= 4 is 17.1 Å². The van der Waals surface area contributed by atoms with Gasteiger partial charge in [0.15, 0.2) is 0 Å². The number of nitrogens with one attached hydrogen (secondary N) is 1. The average molecular weight is 460 g/mol. The predicted octanol–water partition coefficient (Wildman–Crippen LogP) is 2.43. The van der Waals surface area contributed by atoms with Gasteiger partial charge in [0.1, 0.15) is 12.0 Å². The Labute approximate surface area is 198 Å². The van der Waals surface area contributed by atoms with Crippen molar-refractivity contribution in [3.63, 3.8) is 0 Å². The maximum absolute atomic E-state index is 12.7. The Balaban J connectivity index is 1.13. The summed E-state index contributed by atoms with van der Waals surface area (Å²) in [4.78, 5) is 31.1. The molecule has 3 aliphatic rings. The molecular weight excluding hydrogens is 430 g/mol. The van der Waals surface area contributed by atoms with E-state index in [0.29, 0.717) is 12.5 Å². The van der Waals surface area contributed by atoms with Crippen molar-refractivity contribution in [3.05, 3.63) is 31.0 Å². The van der Waals surface area contributed by atoms with Crippen LogP contribution in [0.25, 0.3) is 22.3 Å². The molecule has 10 nitrogen and oxygen atoms in total. The molecule has 1 aliphatic carbocycles. The topological polar surface area (TPSA) is 110 Å². The third kappa shape index (κ3) is 3.51. The quantitative estimate of drug-likeness (QED) is 0.642. The number of nitriles is 1. The minimum atomic E-state index is -0.287. The van der Waals surface area contributed by atoms with Crippen LogP contribution in [0.3, 0.4) is 0 Å². The number of rotatable bonds is 4. The molecule has 6 rings (SSSR count). The molecule has 2 saturated heterocycles. The van der Waals surface area contributed by atoms with Gasteiger partial charge in [0.25, 0.3) is 0 Å². The maximum Gasteiger partial charge on any atom is 0.320 e. The number of urea groups is 1. The number of likely N-dealkylation sites (tertiary alicyclic amines) is 1. The largest absolute Gasteiger partial charge is 0.346 e. The van der Waals surface area contributed by atoms with Crippen LogP contribution in [0.4, 0.5) is 4.79 Å². The fourth-order valence-electron chi connectivity index (χ4n) is 5.83. The van der Waals surface area contributed by atoms with Gasteiger partial charge >= 0.3 is 6.03 Å². The molecule has 1 saturated carbocycles. The highest BCUT2D eigenvalue weighted by Crippen LogP contribution is 2.45. The summed E-state index contributed by atoms with van der Waals surface area (Å²) in [6.45, 7) is 5.14. The number of H-pyrrole nitrogens is 1. The Morgan fingerprint density at radius 3 is 2.65 bits per heavy atom. The highest BCUT2D eigenvalue weighted by Gasteiger charge is 2.49. The molecule has 0 spiro atoms. The summed E-state index contributed by atoms with van der Waals surface area (Å²) in [5.41, 5.74) is 2.29. The van der Waals surface area contributed by atoms with Crippen molar-refractivity contribution < 1.29 is 4.79 Å². The summed E-state index contributed by atoms with van der Waals surface area (Å²) >= 11 is 0. The average Bonchev–Trinajstić information content (AvgIpc) is 3.62. The van der Waals surface area contributed by atoms with Crippen LogP contribution in [0.5, 0.6) is 0 Å². The Morgan fingerprint density at radius 2 is 1.88 bits per heavy atom. The summed E-state index contributed by atoms with van der Waals surface area (Å²) in [6.07, 6.45) is 11.7. The van der Waals surface area contributed by atoms with E-state index in [0.717, 1.165) is 87.2 Å². The molecule has 3 aromatic rings. The van der Waals surface area contributed by atoms with Crippen molar-refractivity contribution in [1.29, 1.82) is 5.26 Å². The molecule has 0 unspecified atom stereocenters. The van der Waals surface area contributed by atoms with Crippen molar-refractivity contribution in [3.8, 4) is 17.3 Å². The lowest BCUT2D eigenvalue weighted by Gasteiger charge is -2.52. The molecular formula is C24H29N9O. The molecule has 5 heterocycles. The lowest BCUT2D eigenvalue weighted by Crippen LogP contribution is -2.61. The lowest BCUT2D eigenvalue weighted by atomic mass is 9.70. The van der Waals surface area contributed by atoms with Crippen molar-refractivity contribution in [2.45, 2.75) is 43.7 Å². The number of hydrogen-bond acceptors (Lipinski definition) is 6. The number of nitrogens with zero attached hydrogens (tertiary/aromatic N) is 8. The zero-order valence-electron chi connectivity index (χ0n) is 19.2. The highest BCUT2D eigenvalue weighted by atomic mass is 16.2. The molecule has 10 heteroatoms. The number of hydrogen-bond donors (Lipinski definition) is 1. The molecule has 1 N–H and O–H groups in total. The highest BCUT2D eigenvalue weighted by molar-refractivity contribution is 5.90. The van der Waals surface area contributed by atoms with E-state index in [1.807, 2.05) is 39.1 Å². The summed E-state index contributed by atoms with van der Waals surface area (Å²) in [5.74, 6) is 0. The predicted molar refractivity (Wildman–Crippen MR) is 126 cm³/mol. The monoisotopic (exact) mass is 459 g/mol. The molecule has 0 atom stereocenters. The van der Waals surface area contributed by atoms with Crippen LogP contribution in [-0.4, -0.2) is 90.8 Å². The molecule has 3 aromatic heterocycles. The summed E-state index contributed by atoms with van der Waals surface area (Å²) < 4.78 is 1.98. The second kappa shape index (κ2) is 8.40. The van der Waals surface area contributed by atoms with E-state index in [4.69, 9.17) is 0 Å². The lowest BCUT2D eigenvalue weighted by molar-refractivity contribution is -0.0144. The van der Waals surface area contributed by atoms with E-state index >= 15 is 0 Å². The smallest absolute Gasteiger partial charge is 0.320 e. The first-order chi connectivity index (χ1) is 16.7. The van der Waals surface area contributed by atoms with Gasteiger partial charge in [0, 0.05) is 68.7 Å². The van der Waals surface area contributed by atoms with Crippen LogP contribution in [-0.2, 0) is 5.54 Å². The fourth-order valence-corrected chi connectivity index (χ4v) is 5.83. The van der Waals surface area contributed by atoms with Crippen LogP contribution in [0, 0.1) is 11.3 Å². The third-order valence-corrected chi connectivity index (χ3v) is 7.81. The van der Waals surface area contributed by atoms with E-state index < -0.39 is 0 Å². The second-order valence-electron chi connectivity index (χ2n) is 9.76. The third-order valence-electron chi connectivity index (χ3n) is 7.81. The number of fused-ring (bicyclic) bond motifs is 1. The van der Waals surface area contributed by atoms with Crippen LogP contribution in [0.1, 0.15) is 32.1 Å². The zero-order valence-corrected chi connectivity index (χ0v) is 19.2. The van der Waals surface area contributed by atoms with Crippen LogP contribution in [0.15, 0.2) is 31.0 Å². The van der Waals surface area contributed by atoms with Crippen molar-refractivity contribution in [1.82, 2.24) is 39.4 Å². The van der Waals surface area contributed by atoms with Crippen LogP contribution in [0.2, 0.25) is 0 Å². The van der Waals surface area contributed by atoms with Gasteiger partial charge in [0.05, 0.1) is 29.9 Å². The van der Waals surface area contributed by atoms with E-state index in [2.05, 4.69) is 31.0 Å². The van der Waals surface area contributed by atoms with Crippen molar-refractivity contribution in [2.24, 2.45) is 0 Å². The molecule has 0 radical (unpaired) electrons. The minimum Gasteiger partial charge on any atom is -0.346 e. The van der Waals surface area contributed by atoms with E-state index in [1.165, 1.54) is 0 Å².